The maximum atomic E-state index is 10.8. The fourth-order valence-electron chi connectivity index (χ4n) is 2.78. The highest BCUT2D eigenvalue weighted by atomic mass is 16.7. The van der Waals surface area contributed by atoms with Gasteiger partial charge in [-0.3, -0.25) is 30.3 Å². The van der Waals surface area contributed by atoms with Crippen LogP contribution >= 0.6 is 0 Å². The number of nitro benzene ring substituents is 3. The van der Waals surface area contributed by atoms with Gasteiger partial charge >= 0.3 is 7.32 Å². The zero-order chi connectivity index (χ0) is 24.5. The first-order valence-electron chi connectivity index (χ1n) is 9.86. The number of hydrogen-bond acceptors (Lipinski definition) is 9. The normalized spacial score (nSPS) is 10.6. The molecule has 0 saturated heterocycles. The molecule has 0 N–H and O–H groups in total. The van der Waals surface area contributed by atoms with Crippen molar-refractivity contribution >= 4 is 24.4 Å². The van der Waals surface area contributed by atoms with Crippen LogP contribution in [-0.4, -0.2) is 22.1 Å². The Labute approximate surface area is 193 Å². The van der Waals surface area contributed by atoms with Crippen LogP contribution in [0.5, 0.6) is 0 Å². The minimum Gasteiger partial charge on any atom is -0.382 e. The van der Waals surface area contributed by atoms with Crippen molar-refractivity contribution in [2.24, 2.45) is 0 Å². The van der Waals surface area contributed by atoms with E-state index in [0.29, 0.717) is 16.7 Å². The van der Waals surface area contributed by atoms with Crippen LogP contribution in [0.2, 0.25) is 0 Å². The molecule has 0 atom stereocenters. The molecule has 0 unspecified atom stereocenters. The molecule has 12 nitrogen and oxygen atoms in total. The first kappa shape index (κ1) is 24.4. The summed E-state index contributed by atoms with van der Waals surface area (Å²) in [5, 5.41) is 32.4. The molecule has 34 heavy (non-hydrogen) atoms. The minimum absolute atomic E-state index is 0.0309. The monoisotopic (exact) mass is 467 g/mol. The first-order chi connectivity index (χ1) is 16.3. The Morgan fingerprint density at radius 3 is 0.941 bits per heavy atom. The van der Waals surface area contributed by atoms with Crippen molar-refractivity contribution in [2.75, 3.05) is 0 Å². The minimum atomic E-state index is -1.15. The summed E-state index contributed by atoms with van der Waals surface area (Å²) >= 11 is 0. The third kappa shape index (κ3) is 7.16. The van der Waals surface area contributed by atoms with Gasteiger partial charge in [0.2, 0.25) is 0 Å². The van der Waals surface area contributed by atoms with Crippen molar-refractivity contribution in [1.82, 2.24) is 0 Å². The predicted molar refractivity (Wildman–Crippen MR) is 119 cm³/mol. The summed E-state index contributed by atoms with van der Waals surface area (Å²) in [5.74, 6) is 0. The second-order valence-electron chi connectivity index (χ2n) is 6.99. The SMILES string of the molecule is O=[N+]([O-])c1ccc(COB(OCc2ccc([N+](=O)[O-])cc2)OCc2ccc([N+](=O)[O-])cc2)cc1. The lowest BCUT2D eigenvalue weighted by molar-refractivity contribution is -0.385. The summed E-state index contributed by atoms with van der Waals surface area (Å²) in [6.45, 7) is 0.0928. The molecule has 0 fully saturated rings. The molecule has 0 aliphatic rings. The zero-order valence-electron chi connectivity index (χ0n) is 17.6. The standard InChI is InChI=1S/C21H18BN3O9/c26-23(27)19-7-1-16(2-8-19)13-32-22(33-14-17-3-9-20(10-4-17)24(28)29)34-15-18-5-11-21(12-6-18)25(30)31/h1-12H,13-15H2. The van der Waals surface area contributed by atoms with E-state index in [4.69, 9.17) is 14.0 Å². The summed E-state index contributed by atoms with van der Waals surface area (Å²) in [5.41, 5.74) is 1.79. The summed E-state index contributed by atoms with van der Waals surface area (Å²) in [6.07, 6.45) is 0. The van der Waals surface area contributed by atoms with E-state index in [1.54, 1.807) is 36.4 Å². The third-order valence-electron chi connectivity index (χ3n) is 4.60. The molecule has 0 saturated carbocycles. The van der Waals surface area contributed by atoms with Gasteiger partial charge in [0, 0.05) is 36.4 Å². The van der Waals surface area contributed by atoms with E-state index < -0.39 is 22.1 Å². The second kappa shape index (κ2) is 11.6. The highest BCUT2D eigenvalue weighted by Crippen LogP contribution is 2.17. The Morgan fingerprint density at radius 1 is 0.500 bits per heavy atom. The van der Waals surface area contributed by atoms with Gasteiger partial charge in [-0.05, 0) is 53.1 Å². The van der Waals surface area contributed by atoms with Crippen molar-refractivity contribution in [3.8, 4) is 0 Å². The van der Waals surface area contributed by atoms with Gasteiger partial charge in [-0.2, -0.15) is 0 Å². The van der Waals surface area contributed by atoms with E-state index in [2.05, 4.69) is 0 Å². The molecular formula is C21H18BN3O9. The fraction of sp³-hybridized carbons (Fsp3) is 0.143. The maximum Gasteiger partial charge on any atom is 0.640 e. The molecule has 0 aliphatic heterocycles. The van der Waals surface area contributed by atoms with Crippen molar-refractivity contribution in [3.63, 3.8) is 0 Å². The van der Waals surface area contributed by atoms with Crippen molar-refractivity contribution in [2.45, 2.75) is 19.8 Å². The molecule has 13 heteroatoms. The van der Waals surface area contributed by atoms with E-state index in [1.807, 2.05) is 0 Å². The van der Waals surface area contributed by atoms with Crippen LogP contribution in [0, 0.1) is 30.3 Å². The van der Waals surface area contributed by atoms with Crippen LogP contribution in [0.15, 0.2) is 72.8 Å². The molecule has 0 bridgehead atoms. The Balaban J connectivity index is 1.63. The smallest absolute Gasteiger partial charge is 0.382 e. The molecule has 0 aromatic heterocycles. The van der Waals surface area contributed by atoms with Crippen LogP contribution in [-0.2, 0) is 33.8 Å². The Morgan fingerprint density at radius 2 is 0.735 bits per heavy atom. The predicted octanol–water partition coefficient (Wildman–Crippen LogP) is 4.35. The Bertz CT molecular complexity index is 993. The second-order valence-corrected chi connectivity index (χ2v) is 6.99. The number of nitrogens with zero attached hydrogens (tertiary/aromatic N) is 3. The first-order valence-corrected chi connectivity index (χ1v) is 9.86. The van der Waals surface area contributed by atoms with Crippen LogP contribution < -0.4 is 0 Å². The number of nitro groups is 3. The van der Waals surface area contributed by atoms with Crippen molar-refractivity contribution in [1.29, 1.82) is 0 Å². The molecule has 0 radical (unpaired) electrons. The van der Waals surface area contributed by atoms with Gasteiger partial charge in [0.05, 0.1) is 34.6 Å². The fourth-order valence-corrected chi connectivity index (χ4v) is 2.78. The number of hydrogen-bond donors (Lipinski definition) is 0. The van der Waals surface area contributed by atoms with E-state index in [1.165, 1.54) is 36.4 Å². The summed E-state index contributed by atoms with van der Waals surface area (Å²) in [4.78, 5) is 30.9. The quantitative estimate of drug-likeness (QED) is 0.215. The van der Waals surface area contributed by atoms with Crippen molar-refractivity contribution < 1.29 is 28.7 Å². The van der Waals surface area contributed by atoms with Gasteiger partial charge in [-0.15, -0.1) is 0 Å². The van der Waals surface area contributed by atoms with Crippen LogP contribution in [0.1, 0.15) is 16.7 Å². The van der Waals surface area contributed by atoms with E-state index in [-0.39, 0.29) is 36.9 Å². The lowest BCUT2D eigenvalue weighted by Crippen LogP contribution is -2.27. The number of rotatable bonds is 12. The summed E-state index contributed by atoms with van der Waals surface area (Å²) in [7, 11) is -1.15. The van der Waals surface area contributed by atoms with Crippen LogP contribution in [0.25, 0.3) is 0 Å². The number of benzene rings is 3. The Kier molecular flexibility index (Phi) is 8.34. The molecule has 0 spiro atoms. The average molecular weight is 467 g/mol. The molecular weight excluding hydrogens is 449 g/mol. The van der Waals surface area contributed by atoms with E-state index >= 15 is 0 Å². The van der Waals surface area contributed by atoms with Gasteiger partial charge < -0.3 is 14.0 Å². The van der Waals surface area contributed by atoms with Gasteiger partial charge in [-0.25, -0.2) is 0 Å². The summed E-state index contributed by atoms with van der Waals surface area (Å²) in [6, 6.07) is 17.4. The number of non-ortho nitro benzene ring substituents is 3. The maximum absolute atomic E-state index is 10.8. The topological polar surface area (TPSA) is 157 Å². The van der Waals surface area contributed by atoms with Gasteiger partial charge in [0.15, 0.2) is 0 Å². The highest BCUT2D eigenvalue weighted by Gasteiger charge is 2.22. The van der Waals surface area contributed by atoms with Crippen LogP contribution in [0.3, 0.4) is 0 Å². The lowest BCUT2D eigenvalue weighted by atomic mass is 10.1. The molecule has 0 aliphatic carbocycles. The summed E-state index contributed by atoms with van der Waals surface area (Å²) < 4.78 is 17.0. The molecule has 3 rings (SSSR count). The van der Waals surface area contributed by atoms with Crippen LogP contribution in [0.4, 0.5) is 17.1 Å². The average Bonchev–Trinajstić information content (AvgIpc) is 2.84. The largest absolute Gasteiger partial charge is 0.640 e. The zero-order valence-corrected chi connectivity index (χ0v) is 17.6. The molecule has 0 heterocycles. The van der Waals surface area contributed by atoms with Crippen molar-refractivity contribution in [3.05, 3.63) is 120 Å². The third-order valence-corrected chi connectivity index (χ3v) is 4.60. The molecule has 174 valence electrons. The Hall–Kier alpha value is -4.20. The van der Waals surface area contributed by atoms with Gasteiger partial charge in [0.1, 0.15) is 0 Å². The molecule has 0 amide bonds. The van der Waals surface area contributed by atoms with Gasteiger partial charge in [0.25, 0.3) is 17.1 Å². The molecule has 3 aromatic rings. The lowest BCUT2D eigenvalue weighted by Gasteiger charge is -2.15. The molecule has 3 aromatic carbocycles. The van der Waals surface area contributed by atoms with E-state index in [0.717, 1.165) is 0 Å². The highest BCUT2D eigenvalue weighted by molar-refractivity contribution is 6.36. The van der Waals surface area contributed by atoms with E-state index in [9.17, 15) is 30.3 Å². The van der Waals surface area contributed by atoms with Gasteiger partial charge in [-0.1, -0.05) is 0 Å².